The average Bonchev–Trinajstić information content (AvgIpc) is 3.25. The SMILES string of the molecule is CCCNc1cc(N(CC2CC2)C(C)C)nc(CC)n1. The minimum absolute atomic E-state index is 0.481. The van der Waals surface area contributed by atoms with E-state index in [0.29, 0.717) is 6.04 Å². The number of rotatable bonds is 8. The van der Waals surface area contributed by atoms with Crippen LogP contribution in [0.15, 0.2) is 6.07 Å². The summed E-state index contributed by atoms with van der Waals surface area (Å²) in [6.45, 7) is 10.9. The van der Waals surface area contributed by atoms with E-state index in [1.807, 2.05) is 0 Å². The highest BCUT2D eigenvalue weighted by atomic mass is 15.2. The minimum Gasteiger partial charge on any atom is -0.370 e. The fourth-order valence-corrected chi connectivity index (χ4v) is 2.28. The van der Waals surface area contributed by atoms with Crippen LogP contribution in [-0.4, -0.2) is 29.1 Å². The van der Waals surface area contributed by atoms with Crippen LogP contribution in [0.4, 0.5) is 11.6 Å². The first-order valence-corrected chi connectivity index (χ1v) is 8.02. The third kappa shape index (κ3) is 4.09. The van der Waals surface area contributed by atoms with Crippen molar-refractivity contribution in [2.45, 2.75) is 59.4 Å². The second-order valence-corrected chi connectivity index (χ2v) is 6.00. The topological polar surface area (TPSA) is 41.0 Å². The van der Waals surface area contributed by atoms with Gasteiger partial charge in [-0.2, -0.15) is 0 Å². The lowest BCUT2D eigenvalue weighted by molar-refractivity contribution is 0.633. The van der Waals surface area contributed by atoms with Crippen LogP contribution < -0.4 is 10.2 Å². The van der Waals surface area contributed by atoms with Gasteiger partial charge in [0.2, 0.25) is 0 Å². The molecule has 1 saturated carbocycles. The van der Waals surface area contributed by atoms with Crippen molar-refractivity contribution in [1.29, 1.82) is 0 Å². The summed E-state index contributed by atoms with van der Waals surface area (Å²) in [5.41, 5.74) is 0. The van der Waals surface area contributed by atoms with E-state index < -0.39 is 0 Å². The number of nitrogens with zero attached hydrogens (tertiary/aromatic N) is 3. The van der Waals surface area contributed by atoms with Crippen molar-refractivity contribution < 1.29 is 0 Å². The summed E-state index contributed by atoms with van der Waals surface area (Å²) in [4.78, 5) is 11.7. The number of aryl methyl sites for hydroxylation is 1. The van der Waals surface area contributed by atoms with Gasteiger partial charge in [-0.05, 0) is 39.0 Å². The highest BCUT2D eigenvalue weighted by molar-refractivity contribution is 5.50. The number of nitrogens with one attached hydrogen (secondary N) is 1. The maximum Gasteiger partial charge on any atom is 0.134 e. The van der Waals surface area contributed by atoms with Crippen molar-refractivity contribution in [3.8, 4) is 0 Å². The zero-order valence-corrected chi connectivity index (χ0v) is 13.3. The molecule has 1 aliphatic carbocycles. The second kappa shape index (κ2) is 6.91. The number of aromatic nitrogens is 2. The third-order valence-electron chi connectivity index (χ3n) is 3.70. The molecule has 1 aromatic heterocycles. The van der Waals surface area contributed by atoms with Crippen LogP contribution in [0.5, 0.6) is 0 Å². The number of anilines is 2. The van der Waals surface area contributed by atoms with E-state index in [9.17, 15) is 0 Å². The monoisotopic (exact) mass is 276 g/mol. The first-order chi connectivity index (χ1) is 9.63. The second-order valence-electron chi connectivity index (χ2n) is 6.00. The summed E-state index contributed by atoms with van der Waals surface area (Å²) in [6, 6.07) is 2.59. The first-order valence-electron chi connectivity index (χ1n) is 8.02. The quantitative estimate of drug-likeness (QED) is 0.789. The molecular formula is C16H28N4. The van der Waals surface area contributed by atoms with Crippen LogP contribution >= 0.6 is 0 Å². The summed E-state index contributed by atoms with van der Waals surface area (Å²) < 4.78 is 0. The average molecular weight is 276 g/mol. The van der Waals surface area contributed by atoms with Crippen molar-refractivity contribution in [3.05, 3.63) is 11.9 Å². The lowest BCUT2D eigenvalue weighted by Gasteiger charge is -2.28. The maximum absolute atomic E-state index is 4.74. The molecule has 0 atom stereocenters. The van der Waals surface area contributed by atoms with Gasteiger partial charge in [-0.25, -0.2) is 9.97 Å². The van der Waals surface area contributed by atoms with E-state index in [1.54, 1.807) is 0 Å². The third-order valence-corrected chi connectivity index (χ3v) is 3.70. The van der Waals surface area contributed by atoms with Gasteiger partial charge < -0.3 is 10.2 Å². The molecule has 1 fully saturated rings. The van der Waals surface area contributed by atoms with E-state index in [4.69, 9.17) is 4.98 Å². The van der Waals surface area contributed by atoms with Gasteiger partial charge in [0.15, 0.2) is 0 Å². The molecule has 2 rings (SSSR count). The predicted octanol–water partition coefficient (Wildman–Crippen LogP) is 3.49. The van der Waals surface area contributed by atoms with Crippen LogP contribution in [0.2, 0.25) is 0 Å². The zero-order chi connectivity index (χ0) is 14.5. The van der Waals surface area contributed by atoms with Gasteiger partial charge in [0.1, 0.15) is 17.5 Å². The molecule has 20 heavy (non-hydrogen) atoms. The van der Waals surface area contributed by atoms with Crippen molar-refractivity contribution in [2.24, 2.45) is 5.92 Å². The van der Waals surface area contributed by atoms with Gasteiger partial charge in [-0.3, -0.25) is 0 Å². The molecular weight excluding hydrogens is 248 g/mol. The molecule has 0 spiro atoms. The van der Waals surface area contributed by atoms with Gasteiger partial charge in [-0.15, -0.1) is 0 Å². The summed E-state index contributed by atoms with van der Waals surface area (Å²) in [5.74, 6) is 3.85. The van der Waals surface area contributed by atoms with Gasteiger partial charge >= 0.3 is 0 Å². The maximum atomic E-state index is 4.74. The number of hydrogen-bond donors (Lipinski definition) is 1. The summed E-state index contributed by atoms with van der Waals surface area (Å²) >= 11 is 0. The van der Waals surface area contributed by atoms with Crippen LogP contribution in [0.1, 0.15) is 52.8 Å². The largest absolute Gasteiger partial charge is 0.370 e. The Hall–Kier alpha value is -1.32. The van der Waals surface area contributed by atoms with Crippen molar-refractivity contribution in [3.63, 3.8) is 0 Å². The van der Waals surface area contributed by atoms with Crippen molar-refractivity contribution in [1.82, 2.24) is 9.97 Å². The molecule has 4 nitrogen and oxygen atoms in total. The lowest BCUT2D eigenvalue weighted by Crippen LogP contribution is -2.33. The molecule has 1 heterocycles. The van der Waals surface area contributed by atoms with Gasteiger partial charge in [0.05, 0.1) is 0 Å². The molecule has 1 aromatic rings. The van der Waals surface area contributed by atoms with Gasteiger partial charge in [-0.1, -0.05) is 13.8 Å². The summed E-state index contributed by atoms with van der Waals surface area (Å²) in [5, 5.41) is 3.39. The van der Waals surface area contributed by atoms with Crippen LogP contribution in [0.25, 0.3) is 0 Å². The molecule has 4 heteroatoms. The molecule has 0 unspecified atom stereocenters. The Morgan fingerprint density at radius 2 is 2.05 bits per heavy atom. The zero-order valence-electron chi connectivity index (χ0n) is 13.3. The Kier molecular flexibility index (Phi) is 5.21. The Labute approximate surface area is 123 Å². The minimum atomic E-state index is 0.481. The summed E-state index contributed by atoms with van der Waals surface area (Å²) in [6.07, 6.45) is 4.73. The smallest absolute Gasteiger partial charge is 0.134 e. The lowest BCUT2D eigenvalue weighted by atomic mass is 10.2. The van der Waals surface area contributed by atoms with E-state index in [-0.39, 0.29) is 0 Å². The summed E-state index contributed by atoms with van der Waals surface area (Å²) in [7, 11) is 0. The van der Waals surface area contributed by atoms with Crippen molar-refractivity contribution in [2.75, 3.05) is 23.3 Å². The van der Waals surface area contributed by atoms with Gasteiger partial charge in [0.25, 0.3) is 0 Å². The molecule has 0 aliphatic heterocycles. The molecule has 0 amide bonds. The molecule has 0 aromatic carbocycles. The highest BCUT2D eigenvalue weighted by Crippen LogP contribution is 2.32. The van der Waals surface area contributed by atoms with E-state index >= 15 is 0 Å². The van der Waals surface area contributed by atoms with E-state index in [1.165, 1.54) is 12.8 Å². The Morgan fingerprint density at radius 1 is 1.30 bits per heavy atom. The van der Waals surface area contributed by atoms with Crippen molar-refractivity contribution >= 4 is 11.6 Å². The van der Waals surface area contributed by atoms with Crippen LogP contribution in [0, 0.1) is 5.92 Å². The molecule has 0 radical (unpaired) electrons. The molecule has 1 aliphatic rings. The molecule has 1 N–H and O–H groups in total. The standard InChI is InChI=1S/C16H28N4/c1-5-9-17-15-10-16(19-14(6-2)18-15)20(12(3)4)11-13-7-8-13/h10,12-13H,5-9,11H2,1-4H3,(H,17,18,19). The van der Waals surface area contributed by atoms with Gasteiger partial charge in [0, 0.05) is 31.6 Å². The number of hydrogen-bond acceptors (Lipinski definition) is 4. The normalized spacial score (nSPS) is 14.7. The fourth-order valence-electron chi connectivity index (χ4n) is 2.28. The Balaban J connectivity index is 2.21. The first kappa shape index (κ1) is 15.1. The van der Waals surface area contributed by atoms with Crippen LogP contribution in [-0.2, 0) is 6.42 Å². The Morgan fingerprint density at radius 3 is 2.60 bits per heavy atom. The highest BCUT2D eigenvalue weighted by Gasteiger charge is 2.26. The molecule has 112 valence electrons. The fraction of sp³-hybridized carbons (Fsp3) is 0.750. The van der Waals surface area contributed by atoms with E-state index in [0.717, 1.165) is 49.3 Å². The van der Waals surface area contributed by atoms with Crippen LogP contribution in [0.3, 0.4) is 0 Å². The molecule has 0 saturated heterocycles. The Bertz CT molecular complexity index is 426. The predicted molar refractivity (Wildman–Crippen MR) is 85.4 cm³/mol. The molecule has 0 bridgehead atoms. The van der Waals surface area contributed by atoms with E-state index in [2.05, 4.69) is 49.0 Å².